The summed E-state index contributed by atoms with van der Waals surface area (Å²) in [5.74, 6) is 1.03. The highest BCUT2D eigenvalue weighted by Gasteiger charge is 2.49. The first-order valence-corrected chi connectivity index (χ1v) is 8.32. The molecular formula is C18H24N2O3. The molecular weight excluding hydrogens is 292 g/mol. The van der Waals surface area contributed by atoms with Gasteiger partial charge in [-0.1, -0.05) is 13.0 Å². The number of benzene rings is 1. The summed E-state index contributed by atoms with van der Waals surface area (Å²) in [5.41, 5.74) is 0.707. The van der Waals surface area contributed by atoms with Crippen molar-refractivity contribution in [2.45, 2.75) is 26.2 Å². The number of methoxy groups -OCH3 is 1. The van der Waals surface area contributed by atoms with Gasteiger partial charge in [0.1, 0.15) is 5.75 Å². The van der Waals surface area contributed by atoms with Crippen molar-refractivity contribution in [1.82, 2.24) is 4.90 Å². The van der Waals surface area contributed by atoms with Gasteiger partial charge in [-0.3, -0.25) is 9.59 Å². The smallest absolute Gasteiger partial charge is 0.228 e. The van der Waals surface area contributed by atoms with E-state index in [9.17, 15) is 9.59 Å². The maximum atomic E-state index is 12.5. The number of piperidine rings is 1. The summed E-state index contributed by atoms with van der Waals surface area (Å²) in [6.45, 7) is 3.85. The van der Waals surface area contributed by atoms with Crippen molar-refractivity contribution >= 4 is 17.5 Å². The van der Waals surface area contributed by atoms with Crippen molar-refractivity contribution in [3.63, 3.8) is 0 Å². The Morgan fingerprint density at radius 1 is 1.30 bits per heavy atom. The van der Waals surface area contributed by atoms with Crippen LogP contribution < -0.4 is 10.1 Å². The van der Waals surface area contributed by atoms with Crippen LogP contribution in [-0.2, 0) is 9.59 Å². The molecule has 2 fully saturated rings. The average Bonchev–Trinajstić information content (AvgIpc) is 3.35. The SMILES string of the molecule is COc1cccc(NC(=O)C2CC2C(=O)N2CCCC(C)C2)c1. The summed E-state index contributed by atoms with van der Waals surface area (Å²) < 4.78 is 5.15. The van der Waals surface area contributed by atoms with Crippen molar-refractivity contribution in [1.29, 1.82) is 0 Å². The van der Waals surface area contributed by atoms with E-state index in [0.717, 1.165) is 19.5 Å². The molecule has 0 aromatic heterocycles. The topological polar surface area (TPSA) is 58.6 Å². The molecule has 1 saturated heterocycles. The van der Waals surface area contributed by atoms with Crippen LogP contribution in [0.3, 0.4) is 0 Å². The van der Waals surface area contributed by atoms with Crippen molar-refractivity contribution in [2.75, 3.05) is 25.5 Å². The molecule has 124 valence electrons. The van der Waals surface area contributed by atoms with Crippen LogP contribution in [-0.4, -0.2) is 36.9 Å². The lowest BCUT2D eigenvalue weighted by Crippen LogP contribution is -2.40. The number of rotatable bonds is 4. The second kappa shape index (κ2) is 6.60. The summed E-state index contributed by atoms with van der Waals surface area (Å²) in [6, 6.07) is 7.27. The minimum absolute atomic E-state index is 0.0679. The van der Waals surface area contributed by atoms with Gasteiger partial charge < -0.3 is 15.0 Å². The first kappa shape index (κ1) is 15.8. The zero-order valence-corrected chi connectivity index (χ0v) is 13.7. The fourth-order valence-electron chi connectivity index (χ4n) is 3.32. The molecule has 1 aliphatic heterocycles. The third-order valence-corrected chi connectivity index (χ3v) is 4.75. The molecule has 1 aromatic carbocycles. The van der Waals surface area contributed by atoms with E-state index in [-0.39, 0.29) is 23.7 Å². The third-order valence-electron chi connectivity index (χ3n) is 4.75. The largest absolute Gasteiger partial charge is 0.497 e. The zero-order chi connectivity index (χ0) is 16.4. The van der Waals surface area contributed by atoms with E-state index in [1.165, 1.54) is 6.42 Å². The minimum Gasteiger partial charge on any atom is -0.497 e. The number of ether oxygens (including phenoxy) is 1. The molecule has 2 aliphatic rings. The number of amides is 2. The van der Waals surface area contributed by atoms with Crippen LogP contribution >= 0.6 is 0 Å². The number of anilines is 1. The van der Waals surface area contributed by atoms with Gasteiger partial charge in [-0.15, -0.1) is 0 Å². The van der Waals surface area contributed by atoms with E-state index in [4.69, 9.17) is 4.74 Å². The highest BCUT2D eigenvalue weighted by molar-refractivity contribution is 5.99. The number of likely N-dealkylation sites (tertiary alicyclic amines) is 1. The summed E-state index contributed by atoms with van der Waals surface area (Å²) in [5, 5.41) is 2.89. The van der Waals surface area contributed by atoms with Crippen molar-refractivity contribution in [3.05, 3.63) is 24.3 Å². The van der Waals surface area contributed by atoms with Crippen LogP contribution in [0, 0.1) is 17.8 Å². The normalized spacial score (nSPS) is 26.5. The molecule has 1 N–H and O–H groups in total. The van der Waals surface area contributed by atoms with E-state index in [2.05, 4.69) is 12.2 Å². The Balaban J connectivity index is 1.55. The van der Waals surface area contributed by atoms with Gasteiger partial charge in [-0.25, -0.2) is 0 Å². The summed E-state index contributed by atoms with van der Waals surface area (Å²) in [7, 11) is 1.59. The van der Waals surface area contributed by atoms with Gasteiger partial charge in [0.25, 0.3) is 0 Å². The molecule has 1 saturated carbocycles. The Labute approximate surface area is 137 Å². The molecule has 1 aliphatic carbocycles. The molecule has 0 spiro atoms. The van der Waals surface area contributed by atoms with Gasteiger partial charge >= 0.3 is 0 Å². The number of hydrogen-bond acceptors (Lipinski definition) is 3. The Morgan fingerprint density at radius 2 is 2.13 bits per heavy atom. The maximum absolute atomic E-state index is 12.5. The molecule has 3 atom stereocenters. The van der Waals surface area contributed by atoms with Gasteiger partial charge in [0.2, 0.25) is 11.8 Å². The Morgan fingerprint density at radius 3 is 2.87 bits per heavy atom. The lowest BCUT2D eigenvalue weighted by Gasteiger charge is -2.31. The van der Waals surface area contributed by atoms with Gasteiger partial charge in [0.05, 0.1) is 18.9 Å². The first-order valence-electron chi connectivity index (χ1n) is 8.32. The van der Waals surface area contributed by atoms with Crippen molar-refractivity contribution in [3.8, 4) is 5.75 Å². The summed E-state index contributed by atoms with van der Waals surface area (Å²) >= 11 is 0. The van der Waals surface area contributed by atoms with E-state index in [1.807, 2.05) is 23.1 Å². The number of nitrogens with zero attached hydrogens (tertiary/aromatic N) is 1. The van der Waals surface area contributed by atoms with E-state index >= 15 is 0 Å². The monoisotopic (exact) mass is 316 g/mol. The van der Waals surface area contributed by atoms with E-state index in [0.29, 0.717) is 23.8 Å². The summed E-state index contributed by atoms with van der Waals surface area (Å²) in [4.78, 5) is 26.8. The van der Waals surface area contributed by atoms with Crippen LogP contribution in [0.4, 0.5) is 5.69 Å². The number of hydrogen-bond donors (Lipinski definition) is 1. The van der Waals surface area contributed by atoms with Crippen LogP contribution in [0.5, 0.6) is 5.75 Å². The second-order valence-corrected chi connectivity index (χ2v) is 6.70. The van der Waals surface area contributed by atoms with Crippen LogP contribution in [0.25, 0.3) is 0 Å². The van der Waals surface area contributed by atoms with Gasteiger partial charge in [0, 0.05) is 24.8 Å². The maximum Gasteiger partial charge on any atom is 0.228 e. The first-order chi connectivity index (χ1) is 11.1. The quantitative estimate of drug-likeness (QED) is 0.928. The van der Waals surface area contributed by atoms with Crippen LogP contribution in [0.15, 0.2) is 24.3 Å². The number of nitrogens with one attached hydrogen (secondary N) is 1. The number of carbonyl (C=O) groups is 2. The predicted molar refractivity (Wildman–Crippen MR) is 88.2 cm³/mol. The third kappa shape index (κ3) is 3.66. The van der Waals surface area contributed by atoms with Crippen molar-refractivity contribution < 1.29 is 14.3 Å². The van der Waals surface area contributed by atoms with Crippen molar-refractivity contribution in [2.24, 2.45) is 17.8 Å². The molecule has 0 bridgehead atoms. The van der Waals surface area contributed by atoms with Crippen LogP contribution in [0.2, 0.25) is 0 Å². The highest BCUT2D eigenvalue weighted by Crippen LogP contribution is 2.41. The Hall–Kier alpha value is -2.04. The molecule has 23 heavy (non-hydrogen) atoms. The van der Waals surface area contributed by atoms with Crippen LogP contribution in [0.1, 0.15) is 26.2 Å². The predicted octanol–water partition coefficient (Wildman–Crippen LogP) is 2.53. The highest BCUT2D eigenvalue weighted by atomic mass is 16.5. The Kier molecular flexibility index (Phi) is 4.55. The van der Waals surface area contributed by atoms with Gasteiger partial charge in [-0.05, 0) is 37.3 Å². The lowest BCUT2D eigenvalue weighted by atomic mass is 10.00. The zero-order valence-electron chi connectivity index (χ0n) is 13.7. The van der Waals surface area contributed by atoms with Gasteiger partial charge in [-0.2, -0.15) is 0 Å². The number of carbonyl (C=O) groups excluding carboxylic acids is 2. The fraction of sp³-hybridized carbons (Fsp3) is 0.556. The molecule has 3 rings (SSSR count). The van der Waals surface area contributed by atoms with E-state index < -0.39 is 0 Å². The van der Waals surface area contributed by atoms with Gasteiger partial charge in [0.15, 0.2) is 0 Å². The molecule has 3 unspecified atom stereocenters. The second-order valence-electron chi connectivity index (χ2n) is 6.70. The molecule has 5 heteroatoms. The Bertz CT molecular complexity index is 602. The summed E-state index contributed by atoms with van der Waals surface area (Å²) in [6.07, 6.45) is 2.92. The lowest BCUT2D eigenvalue weighted by molar-refractivity contribution is -0.135. The minimum atomic E-state index is -0.189. The molecule has 5 nitrogen and oxygen atoms in total. The molecule has 1 aromatic rings. The molecule has 0 radical (unpaired) electrons. The molecule has 2 amide bonds. The standard InChI is InChI=1S/C18H24N2O3/c1-12-5-4-8-20(11-12)18(22)16-10-15(16)17(21)19-13-6-3-7-14(9-13)23-2/h3,6-7,9,12,15-16H,4-5,8,10-11H2,1-2H3,(H,19,21). The average molecular weight is 316 g/mol. The fourth-order valence-corrected chi connectivity index (χ4v) is 3.32. The van der Waals surface area contributed by atoms with E-state index in [1.54, 1.807) is 13.2 Å². The molecule has 1 heterocycles.